The second-order valence-electron chi connectivity index (χ2n) is 4.71. The van der Waals surface area contributed by atoms with Gasteiger partial charge in [-0.05, 0) is 30.5 Å². The molecule has 19 heavy (non-hydrogen) atoms. The zero-order valence-corrected chi connectivity index (χ0v) is 12.7. The summed E-state index contributed by atoms with van der Waals surface area (Å²) in [6, 6.07) is 4.75. The smallest absolute Gasteiger partial charge is 0.233 e. The van der Waals surface area contributed by atoms with Crippen molar-refractivity contribution in [3.05, 3.63) is 23.2 Å². The molecule has 6 heteroatoms. The molecule has 0 aliphatic rings. The van der Waals surface area contributed by atoms with Crippen LogP contribution in [0.4, 0.5) is 5.69 Å². The highest BCUT2D eigenvalue weighted by Gasteiger charge is 2.13. The first kappa shape index (κ1) is 16.0. The van der Waals surface area contributed by atoms with E-state index in [4.69, 9.17) is 17.3 Å². The van der Waals surface area contributed by atoms with E-state index in [0.29, 0.717) is 28.1 Å². The molecule has 1 aromatic carbocycles. The summed E-state index contributed by atoms with van der Waals surface area (Å²) in [7, 11) is -1.45. The lowest BCUT2D eigenvalue weighted by Gasteiger charge is -2.08. The summed E-state index contributed by atoms with van der Waals surface area (Å²) in [5.41, 5.74) is 6.07. The van der Waals surface area contributed by atoms with Gasteiger partial charge in [-0.25, -0.2) is 0 Å². The molecule has 1 atom stereocenters. The maximum Gasteiger partial charge on any atom is 0.233 e. The second kappa shape index (κ2) is 7.50. The summed E-state index contributed by atoms with van der Waals surface area (Å²) in [5, 5.41) is 3.07. The Morgan fingerprint density at radius 2 is 2.16 bits per heavy atom. The van der Waals surface area contributed by atoms with E-state index < -0.39 is 10.8 Å². The Kier molecular flexibility index (Phi) is 6.31. The maximum atomic E-state index is 12.0. The van der Waals surface area contributed by atoms with E-state index in [1.54, 1.807) is 12.1 Å². The fourth-order valence-corrected chi connectivity index (χ4v) is 2.89. The summed E-state index contributed by atoms with van der Waals surface area (Å²) in [4.78, 5) is 12.1. The molecule has 0 bridgehead atoms. The molecule has 0 aliphatic heterocycles. The second-order valence-corrected chi connectivity index (χ2v) is 6.54. The molecule has 0 fully saturated rings. The first-order valence-corrected chi connectivity index (χ1v) is 7.80. The van der Waals surface area contributed by atoms with Gasteiger partial charge in [0, 0.05) is 12.2 Å². The Morgan fingerprint density at radius 3 is 2.74 bits per heavy atom. The minimum absolute atomic E-state index is 0.0816. The van der Waals surface area contributed by atoms with Crippen molar-refractivity contribution in [3.63, 3.8) is 0 Å². The van der Waals surface area contributed by atoms with Crippen molar-refractivity contribution in [2.75, 3.05) is 18.0 Å². The highest BCUT2D eigenvalue weighted by molar-refractivity contribution is 7.85. The molecule has 0 spiro atoms. The number of amides is 1. The lowest BCUT2D eigenvalue weighted by Crippen LogP contribution is -2.29. The number of nitrogen functional groups attached to an aromatic ring is 1. The van der Waals surface area contributed by atoms with Crippen molar-refractivity contribution < 1.29 is 9.00 Å². The Hall–Kier alpha value is -1.07. The van der Waals surface area contributed by atoms with Gasteiger partial charge in [0.05, 0.1) is 20.7 Å². The Labute approximate surface area is 121 Å². The number of rotatable bonds is 6. The minimum Gasteiger partial charge on any atom is -0.399 e. The van der Waals surface area contributed by atoms with Gasteiger partial charge >= 0.3 is 0 Å². The fourth-order valence-electron chi connectivity index (χ4n) is 1.45. The summed E-state index contributed by atoms with van der Waals surface area (Å²) in [5.74, 6) is 0.214. The van der Waals surface area contributed by atoms with Gasteiger partial charge < -0.3 is 11.1 Å². The molecule has 0 saturated heterocycles. The molecule has 1 aromatic rings. The van der Waals surface area contributed by atoms with Crippen LogP contribution >= 0.6 is 11.6 Å². The lowest BCUT2D eigenvalue weighted by molar-refractivity contribution is -0.118. The molecule has 4 nitrogen and oxygen atoms in total. The minimum atomic E-state index is -1.45. The zero-order valence-electron chi connectivity index (χ0n) is 11.1. The number of nitrogens with two attached hydrogens (primary N) is 1. The van der Waals surface area contributed by atoms with Crippen LogP contribution in [0.15, 0.2) is 23.1 Å². The average molecular weight is 303 g/mol. The number of carbonyl (C=O) groups excluding carboxylic acids is 1. The van der Waals surface area contributed by atoms with Crippen LogP contribution in [0, 0.1) is 5.92 Å². The number of hydrogen-bond donors (Lipinski definition) is 2. The number of hydrogen-bond acceptors (Lipinski definition) is 3. The number of anilines is 1. The summed E-state index contributed by atoms with van der Waals surface area (Å²) in [6.07, 6.45) is 0.904. The first-order chi connectivity index (χ1) is 8.90. The third-order valence-electron chi connectivity index (χ3n) is 2.51. The SMILES string of the molecule is CC(C)CCNC(=O)CS(=O)c1ccc(N)cc1Cl. The highest BCUT2D eigenvalue weighted by Crippen LogP contribution is 2.22. The van der Waals surface area contributed by atoms with Crippen molar-refractivity contribution in [2.45, 2.75) is 25.2 Å². The van der Waals surface area contributed by atoms with Crippen LogP contribution in [0.2, 0.25) is 5.02 Å². The topological polar surface area (TPSA) is 72.2 Å². The molecule has 106 valence electrons. The summed E-state index contributed by atoms with van der Waals surface area (Å²) >= 11 is 5.95. The molecule has 0 aromatic heterocycles. The summed E-state index contributed by atoms with van der Waals surface area (Å²) < 4.78 is 12.0. The Morgan fingerprint density at radius 1 is 1.47 bits per heavy atom. The third kappa shape index (κ3) is 5.61. The first-order valence-electron chi connectivity index (χ1n) is 6.10. The quantitative estimate of drug-likeness (QED) is 0.791. The van der Waals surface area contributed by atoms with Crippen molar-refractivity contribution in [3.8, 4) is 0 Å². The van der Waals surface area contributed by atoms with E-state index in [9.17, 15) is 9.00 Å². The number of halogens is 1. The number of carbonyl (C=O) groups is 1. The van der Waals surface area contributed by atoms with Gasteiger partial charge in [0.25, 0.3) is 0 Å². The molecule has 0 radical (unpaired) electrons. The van der Waals surface area contributed by atoms with Crippen LogP contribution < -0.4 is 11.1 Å². The van der Waals surface area contributed by atoms with E-state index in [2.05, 4.69) is 19.2 Å². The molecule has 1 unspecified atom stereocenters. The van der Waals surface area contributed by atoms with Gasteiger partial charge in [0.2, 0.25) is 5.91 Å². The normalized spacial score (nSPS) is 12.4. The van der Waals surface area contributed by atoms with Crippen LogP contribution in [0.25, 0.3) is 0 Å². The van der Waals surface area contributed by atoms with Crippen molar-refractivity contribution >= 4 is 34.0 Å². The lowest BCUT2D eigenvalue weighted by atomic mass is 10.1. The van der Waals surface area contributed by atoms with Crippen molar-refractivity contribution in [1.29, 1.82) is 0 Å². The number of benzene rings is 1. The zero-order chi connectivity index (χ0) is 14.4. The van der Waals surface area contributed by atoms with Crippen molar-refractivity contribution in [1.82, 2.24) is 5.32 Å². The molecule has 0 saturated carbocycles. The Bertz CT molecular complexity index is 478. The Balaban J connectivity index is 2.52. The monoisotopic (exact) mass is 302 g/mol. The van der Waals surface area contributed by atoms with Gasteiger partial charge in [-0.15, -0.1) is 0 Å². The predicted molar refractivity (Wildman–Crippen MR) is 79.6 cm³/mol. The molecule has 0 heterocycles. The third-order valence-corrected chi connectivity index (χ3v) is 4.30. The van der Waals surface area contributed by atoms with E-state index in [1.165, 1.54) is 6.07 Å². The van der Waals surface area contributed by atoms with Gasteiger partial charge in [0.15, 0.2) is 0 Å². The molecule has 1 amide bonds. The van der Waals surface area contributed by atoms with Gasteiger partial charge in [-0.2, -0.15) is 0 Å². The van der Waals surface area contributed by atoms with Gasteiger partial charge in [0.1, 0.15) is 5.75 Å². The highest BCUT2D eigenvalue weighted by atomic mass is 35.5. The van der Waals surface area contributed by atoms with Gasteiger partial charge in [-0.1, -0.05) is 25.4 Å². The fraction of sp³-hybridized carbons (Fsp3) is 0.462. The van der Waals surface area contributed by atoms with E-state index in [-0.39, 0.29) is 11.7 Å². The largest absolute Gasteiger partial charge is 0.399 e. The maximum absolute atomic E-state index is 12.0. The summed E-state index contributed by atoms with van der Waals surface area (Å²) in [6.45, 7) is 4.76. The van der Waals surface area contributed by atoms with Crippen molar-refractivity contribution in [2.24, 2.45) is 5.92 Å². The van der Waals surface area contributed by atoms with Gasteiger partial charge in [-0.3, -0.25) is 9.00 Å². The van der Waals surface area contributed by atoms with E-state index in [0.717, 1.165) is 6.42 Å². The van der Waals surface area contributed by atoms with E-state index in [1.807, 2.05) is 0 Å². The molecular weight excluding hydrogens is 284 g/mol. The van der Waals surface area contributed by atoms with Crippen LogP contribution in [-0.4, -0.2) is 22.4 Å². The van der Waals surface area contributed by atoms with Crippen LogP contribution in [0.3, 0.4) is 0 Å². The van der Waals surface area contributed by atoms with E-state index >= 15 is 0 Å². The van der Waals surface area contributed by atoms with Crippen LogP contribution in [0.5, 0.6) is 0 Å². The molecular formula is C13H19ClN2O2S. The molecule has 3 N–H and O–H groups in total. The van der Waals surface area contributed by atoms with Crippen LogP contribution in [0.1, 0.15) is 20.3 Å². The predicted octanol–water partition coefficient (Wildman–Crippen LogP) is 2.19. The average Bonchev–Trinajstić information content (AvgIpc) is 2.27. The number of nitrogens with one attached hydrogen (secondary N) is 1. The molecule has 0 aliphatic carbocycles. The standard InChI is InChI=1S/C13H19ClN2O2S/c1-9(2)5-6-16-13(17)8-19(18)12-4-3-10(15)7-11(12)14/h3-4,7,9H,5-6,8,15H2,1-2H3,(H,16,17). The molecule has 1 rings (SSSR count). The van der Waals surface area contributed by atoms with Crippen LogP contribution in [-0.2, 0) is 15.6 Å².